The molecule has 9 heteroatoms. The summed E-state index contributed by atoms with van der Waals surface area (Å²) in [5.41, 5.74) is 0.328. The van der Waals surface area contributed by atoms with Crippen molar-refractivity contribution < 1.29 is 38.2 Å². The monoisotopic (exact) mass is 507 g/mol. The third kappa shape index (κ3) is 5.31. The zero-order chi connectivity index (χ0) is 26.6. The number of hydroxylamine groups is 2. The Morgan fingerprint density at radius 3 is 2.00 bits per heavy atom. The van der Waals surface area contributed by atoms with Crippen LogP contribution in [0.15, 0.2) is 66.7 Å². The first kappa shape index (κ1) is 25.8. The summed E-state index contributed by atoms with van der Waals surface area (Å²) in [6.07, 6.45) is 0.294. The fourth-order valence-corrected chi connectivity index (χ4v) is 4.19. The van der Waals surface area contributed by atoms with Gasteiger partial charge < -0.3 is 19.4 Å². The molecule has 3 aromatic rings. The van der Waals surface area contributed by atoms with Crippen molar-refractivity contribution in [1.29, 1.82) is 0 Å². The molecule has 0 spiro atoms. The van der Waals surface area contributed by atoms with Crippen LogP contribution in [-0.2, 0) is 31.2 Å². The molecule has 1 unspecified atom stereocenters. The Labute approximate surface area is 213 Å². The number of halogens is 1. The highest BCUT2D eigenvalue weighted by atomic mass is 19.1. The number of aliphatic hydroxyl groups is 1. The molecular formula is C28H26FNO7. The van der Waals surface area contributed by atoms with Crippen molar-refractivity contribution in [2.24, 2.45) is 0 Å². The van der Waals surface area contributed by atoms with Crippen molar-refractivity contribution in [1.82, 2.24) is 5.06 Å². The van der Waals surface area contributed by atoms with E-state index in [0.29, 0.717) is 27.5 Å². The van der Waals surface area contributed by atoms with Gasteiger partial charge in [-0.15, -0.1) is 5.06 Å². The Kier molecular flexibility index (Phi) is 7.54. The zero-order valence-corrected chi connectivity index (χ0v) is 20.4. The molecule has 0 aromatic heterocycles. The maximum Gasteiger partial charge on any atom is 0.333 e. The Bertz CT molecular complexity index is 1290. The molecule has 1 aliphatic heterocycles. The van der Waals surface area contributed by atoms with Crippen molar-refractivity contribution in [3.8, 4) is 11.5 Å². The summed E-state index contributed by atoms with van der Waals surface area (Å²) in [4.78, 5) is 40.3. The van der Waals surface area contributed by atoms with E-state index in [0.717, 1.165) is 5.56 Å². The lowest BCUT2D eigenvalue weighted by molar-refractivity contribution is -0.197. The zero-order valence-electron chi connectivity index (χ0n) is 20.4. The predicted octanol–water partition coefficient (Wildman–Crippen LogP) is 3.67. The van der Waals surface area contributed by atoms with Crippen LogP contribution in [0.2, 0.25) is 0 Å². The van der Waals surface area contributed by atoms with Gasteiger partial charge in [0.05, 0.1) is 20.6 Å². The van der Waals surface area contributed by atoms with Crippen molar-refractivity contribution in [2.45, 2.75) is 31.3 Å². The van der Waals surface area contributed by atoms with Gasteiger partial charge in [-0.05, 0) is 52.9 Å². The number of benzene rings is 3. The minimum absolute atomic E-state index is 0.0305. The number of amides is 2. The first-order chi connectivity index (χ1) is 17.8. The van der Waals surface area contributed by atoms with Gasteiger partial charge in [0.2, 0.25) is 0 Å². The van der Waals surface area contributed by atoms with Crippen LogP contribution in [0, 0.1) is 5.82 Å². The number of imide groups is 1. The fraction of sp³-hybridized carbons (Fsp3) is 0.250. The molecule has 0 radical (unpaired) electrons. The van der Waals surface area contributed by atoms with Gasteiger partial charge in [0, 0.05) is 12.8 Å². The molecular weight excluding hydrogens is 481 g/mol. The van der Waals surface area contributed by atoms with Crippen molar-refractivity contribution in [3.05, 3.63) is 94.8 Å². The van der Waals surface area contributed by atoms with Gasteiger partial charge in [-0.3, -0.25) is 9.59 Å². The SMILES string of the molecule is COc1ccc(C(O)(c2ccc(CCC(=O)ON3C(=O)CCC3=O)cc2)c2ccc(OC)c(F)c2)cc1. The predicted molar refractivity (Wildman–Crippen MR) is 130 cm³/mol. The Morgan fingerprint density at radius 1 is 0.892 bits per heavy atom. The summed E-state index contributed by atoms with van der Waals surface area (Å²) in [6.45, 7) is 0. The fourth-order valence-electron chi connectivity index (χ4n) is 4.19. The van der Waals surface area contributed by atoms with Crippen LogP contribution < -0.4 is 9.47 Å². The summed E-state index contributed by atoms with van der Waals surface area (Å²) in [7, 11) is 2.90. The molecule has 0 aliphatic carbocycles. The molecule has 0 bridgehead atoms. The van der Waals surface area contributed by atoms with Crippen LogP contribution in [0.25, 0.3) is 0 Å². The van der Waals surface area contributed by atoms with Crippen LogP contribution in [0.5, 0.6) is 11.5 Å². The average molecular weight is 508 g/mol. The van der Waals surface area contributed by atoms with Gasteiger partial charge in [-0.25, -0.2) is 9.18 Å². The molecule has 1 N–H and O–H groups in total. The van der Waals surface area contributed by atoms with E-state index < -0.39 is 29.2 Å². The number of rotatable bonds is 9. The molecule has 8 nitrogen and oxygen atoms in total. The van der Waals surface area contributed by atoms with Crippen LogP contribution in [0.4, 0.5) is 4.39 Å². The minimum atomic E-state index is -1.70. The lowest BCUT2D eigenvalue weighted by Crippen LogP contribution is -2.32. The van der Waals surface area contributed by atoms with E-state index in [1.54, 1.807) is 54.6 Å². The lowest BCUT2D eigenvalue weighted by atomic mass is 9.80. The number of aryl methyl sites for hydroxylation is 1. The molecule has 1 atom stereocenters. The van der Waals surface area contributed by atoms with Gasteiger partial charge in [0.25, 0.3) is 11.8 Å². The number of carbonyl (C=O) groups is 3. The highest BCUT2D eigenvalue weighted by Gasteiger charge is 2.35. The van der Waals surface area contributed by atoms with Crippen LogP contribution >= 0.6 is 0 Å². The van der Waals surface area contributed by atoms with Gasteiger partial charge in [-0.1, -0.05) is 42.5 Å². The van der Waals surface area contributed by atoms with Gasteiger partial charge in [0.1, 0.15) is 11.4 Å². The molecule has 2 amide bonds. The average Bonchev–Trinajstić information content (AvgIpc) is 3.23. The van der Waals surface area contributed by atoms with E-state index in [1.807, 2.05) is 0 Å². The Hall–Kier alpha value is -4.24. The lowest BCUT2D eigenvalue weighted by Gasteiger charge is -2.30. The van der Waals surface area contributed by atoms with E-state index in [-0.39, 0.29) is 31.4 Å². The summed E-state index contributed by atoms with van der Waals surface area (Å²) >= 11 is 0. The number of hydrogen-bond donors (Lipinski definition) is 1. The molecule has 1 fully saturated rings. The molecule has 1 saturated heterocycles. The minimum Gasteiger partial charge on any atom is -0.497 e. The van der Waals surface area contributed by atoms with Crippen molar-refractivity contribution in [3.63, 3.8) is 0 Å². The van der Waals surface area contributed by atoms with Gasteiger partial charge in [-0.2, -0.15) is 0 Å². The third-order valence-corrected chi connectivity index (χ3v) is 6.27. The highest BCUT2D eigenvalue weighted by Crippen LogP contribution is 2.39. The Morgan fingerprint density at radius 2 is 1.46 bits per heavy atom. The molecule has 1 heterocycles. The largest absolute Gasteiger partial charge is 0.497 e. The van der Waals surface area contributed by atoms with E-state index in [9.17, 15) is 23.9 Å². The van der Waals surface area contributed by atoms with E-state index >= 15 is 0 Å². The van der Waals surface area contributed by atoms with Gasteiger partial charge in [0.15, 0.2) is 11.6 Å². The number of nitrogens with zero attached hydrogens (tertiary/aromatic N) is 1. The molecule has 192 valence electrons. The maximum absolute atomic E-state index is 14.6. The first-order valence-electron chi connectivity index (χ1n) is 11.6. The second-order valence-electron chi connectivity index (χ2n) is 8.53. The Balaban J connectivity index is 1.57. The van der Waals surface area contributed by atoms with E-state index in [2.05, 4.69) is 0 Å². The molecule has 0 saturated carbocycles. The first-order valence-corrected chi connectivity index (χ1v) is 11.6. The summed E-state index contributed by atoms with van der Waals surface area (Å²) < 4.78 is 24.9. The highest BCUT2D eigenvalue weighted by molar-refractivity contribution is 6.01. The molecule has 1 aliphatic rings. The summed E-state index contributed by atoms with van der Waals surface area (Å²) in [5.74, 6) is -1.72. The molecule has 3 aromatic carbocycles. The normalized spacial score (nSPS) is 14.9. The van der Waals surface area contributed by atoms with Crippen LogP contribution in [0.1, 0.15) is 41.5 Å². The maximum atomic E-state index is 14.6. The standard InChI is InChI=1S/C28H26FNO7/c1-35-22-11-8-20(9-12-22)28(34,21-10-13-24(36-2)23(29)17-21)19-6-3-18(4-7-19)5-16-27(33)37-30-25(31)14-15-26(30)32/h3-4,6-13,17,34H,5,14-16H2,1-2H3. The topological polar surface area (TPSA) is 102 Å². The smallest absolute Gasteiger partial charge is 0.333 e. The van der Waals surface area contributed by atoms with Gasteiger partial charge >= 0.3 is 5.97 Å². The van der Waals surface area contributed by atoms with Crippen molar-refractivity contribution >= 4 is 17.8 Å². The van der Waals surface area contributed by atoms with Crippen molar-refractivity contribution in [2.75, 3.05) is 14.2 Å². The summed E-state index contributed by atoms with van der Waals surface area (Å²) in [5, 5.41) is 12.5. The number of hydrogen-bond acceptors (Lipinski definition) is 7. The number of carbonyl (C=O) groups excluding carboxylic acids is 3. The quantitative estimate of drug-likeness (QED) is 0.348. The van der Waals surface area contributed by atoms with E-state index in [1.165, 1.54) is 26.4 Å². The molecule has 4 rings (SSSR count). The third-order valence-electron chi connectivity index (χ3n) is 6.27. The van der Waals surface area contributed by atoms with Crippen LogP contribution in [-0.4, -0.2) is 42.2 Å². The van der Waals surface area contributed by atoms with E-state index in [4.69, 9.17) is 14.3 Å². The number of ether oxygens (including phenoxy) is 2. The second-order valence-corrected chi connectivity index (χ2v) is 8.53. The van der Waals surface area contributed by atoms with Crippen LogP contribution in [0.3, 0.4) is 0 Å². The second kappa shape index (κ2) is 10.8. The number of methoxy groups -OCH3 is 2. The molecule has 37 heavy (non-hydrogen) atoms. The summed E-state index contributed by atoms with van der Waals surface area (Å²) in [6, 6.07) is 18.0.